The van der Waals surface area contributed by atoms with E-state index in [1.807, 2.05) is 26.0 Å². The fourth-order valence-corrected chi connectivity index (χ4v) is 3.34. The normalized spacial score (nSPS) is 22.4. The number of ether oxygens (including phenoxy) is 1. The molecule has 126 valence electrons. The van der Waals surface area contributed by atoms with Crippen molar-refractivity contribution in [3.8, 4) is 0 Å². The van der Waals surface area contributed by atoms with Crippen LogP contribution in [-0.4, -0.2) is 30.2 Å². The van der Waals surface area contributed by atoms with E-state index in [1.54, 1.807) is 0 Å². The van der Waals surface area contributed by atoms with Crippen LogP contribution in [0.4, 0.5) is 0 Å². The molecule has 1 aliphatic carbocycles. The van der Waals surface area contributed by atoms with Crippen LogP contribution in [0.25, 0.3) is 0 Å². The maximum Gasteiger partial charge on any atom is 0.327 e. The monoisotopic (exact) mass is 319 g/mol. The summed E-state index contributed by atoms with van der Waals surface area (Å²) in [5.74, 6) is -1.29. The lowest BCUT2D eigenvalue weighted by molar-refractivity contribution is -0.145. The molecule has 0 heterocycles. The third kappa shape index (κ3) is 4.55. The van der Waals surface area contributed by atoms with Gasteiger partial charge in [-0.25, -0.2) is 4.79 Å². The highest BCUT2D eigenvalue weighted by atomic mass is 16.5. The Balaban J connectivity index is 2.11. The summed E-state index contributed by atoms with van der Waals surface area (Å²) in [7, 11) is 1.39. The van der Waals surface area contributed by atoms with Gasteiger partial charge in [0.15, 0.2) is 0 Å². The molecule has 1 unspecified atom stereocenters. The average Bonchev–Trinajstić information content (AvgIpc) is 2.51. The molecule has 5 heteroatoms. The van der Waals surface area contributed by atoms with Crippen molar-refractivity contribution >= 4 is 11.9 Å². The van der Waals surface area contributed by atoms with Gasteiger partial charge in [0.1, 0.15) is 6.04 Å². The van der Waals surface area contributed by atoms with Crippen LogP contribution in [0.15, 0.2) is 18.2 Å². The third-order valence-corrected chi connectivity index (χ3v) is 4.49. The van der Waals surface area contributed by atoms with Gasteiger partial charge in [0.05, 0.1) is 13.0 Å². The topological polar surface area (TPSA) is 75.6 Å². The number of methoxy groups -OCH3 is 1. The van der Waals surface area contributed by atoms with Gasteiger partial charge < -0.3 is 9.84 Å². The lowest BCUT2D eigenvalue weighted by atomic mass is 9.85. The molecule has 1 aromatic carbocycles. The Morgan fingerprint density at radius 2 is 1.70 bits per heavy atom. The standard InChI is InChI=1S/C18H25NO4/c1-11-8-12(2)10-14(9-11)16(18(22)23-3)19-15-6-4-13(5-7-15)17(20)21/h8-10,13,15-16,19H,4-7H2,1-3H3,(H,20,21). The first-order valence-corrected chi connectivity index (χ1v) is 8.05. The Morgan fingerprint density at radius 1 is 1.13 bits per heavy atom. The maximum absolute atomic E-state index is 12.2. The molecule has 2 rings (SSSR count). The molecular formula is C18H25NO4. The zero-order chi connectivity index (χ0) is 17.0. The molecule has 0 amide bonds. The van der Waals surface area contributed by atoms with E-state index in [9.17, 15) is 9.59 Å². The number of aryl methyl sites for hydroxylation is 2. The molecule has 0 radical (unpaired) electrons. The first-order chi connectivity index (χ1) is 10.9. The van der Waals surface area contributed by atoms with E-state index in [0.29, 0.717) is 12.8 Å². The van der Waals surface area contributed by atoms with E-state index in [4.69, 9.17) is 9.84 Å². The van der Waals surface area contributed by atoms with Crippen LogP contribution in [0.2, 0.25) is 0 Å². The van der Waals surface area contributed by atoms with Gasteiger partial charge in [-0.3, -0.25) is 10.1 Å². The minimum Gasteiger partial charge on any atom is -0.481 e. The highest BCUT2D eigenvalue weighted by Crippen LogP contribution is 2.27. The van der Waals surface area contributed by atoms with Crippen LogP contribution in [0.3, 0.4) is 0 Å². The summed E-state index contributed by atoms with van der Waals surface area (Å²) >= 11 is 0. The van der Waals surface area contributed by atoms with Gasteiger partial charge in [0.2, 0.25) is 0 Å². The fourth-order valence-electron chi connectivity index (χ4n) is 3.34. The summed E-state index contributed by atoms with van der Waals surface area (Å²) in [6, 6.07) is 5.67. The zero-order valence-electron chi connectivity index (χ0n) is 14.0. The van der Waals surface area contributed by atoms with Crippen molar-refractivity contribution in [1.82, 2.24) is 5.32 Å². The second-order valence-electron chi connectivity index (χ2n) is 6.43. The number of nitrogens with one attached hydrogen (secondary N) is 1. The van der Waals surface area contributed by atoms with Gasteiger partial charge in [0.25, 0.3) is 0 Å². The number of benzene rings is 1. The minimum absolute atomic E-state index is 0.135. The lowest BCUT2D eigenvalue weighted by Crippen LogP contribution is -2.40. The molecule has 1 aliphatic rings. The zero-order valence-corrected chi connectivity index (χ0v) is 14.0. The number of rotatable bonds is 5. The summed E-state index contributed by atoms with van der Waals surface area (Å²) in [6.07, 6.45) is 2.81. The van der Waals surface area contributed by atoms with E-state index >= 15 is 0 Å². The fraction of sp³-hybridized carbons (Fsp3) is 0.556. The Bertz CT molecular complexity index is 556. The van der Waals surface area contributed by atoms with Crippen molar-refractivity contribution in [1.29, 1.82) is 0 Å². The van der Waals surface area contributed by atoms with Gasteiger partial charge in [-0.1, -0.05) is 29.3 Å². The number of carboxylic acid groups (broad SMARTS) is 1. The van der Waals surface area contributed by atoms with Gasteiger partial charge in [0, 0.05) is 6.04 Å². The minimum atomic E-state index is -0.720. The number of hydrogen-bond donors (Lipinski definition) is 2. The molecule has 0 bridgehead atoms. The molecule has 0 saturated heterocycles. The molecular weight excluding hydrogens is 294 g/mol. The lowest BCUT2D eigenvalue weighted by Gasteiger charge is -2.30. The van der Waals surface area contributed by atoms with E-state index in [2.05, 4.69) is 11.4 Å². The molecule has 1 aromatic rings. The van der Waals surface area contributed by atoms with E-state index in [1.165, 1.54) is 7.11 Å². The predicted octanol–water partition coefficient (Wildman–Crippen LogP) is 2.75. The Labute approximate surface area is 137 Å². The number of esters is 1. The summed E-state index contributed by atoms with van der Waals surface area (Å²) in [6.45, 7) is 4.01. The first kappa shape index (κ1) is 17.5. The van der Waals surface area contributed by atoms with E-state index < -0.39 is 12.0 Å². The molecule has 0 spiro atoms. The highest BCUT2D eigenvalue weighted by molar-refractivity contribution is 5.77. The highest BCUT2D eigenvalue weighted by Gasteiger charge is 2.30. The Hall–Kier alpha value is -1.88. The number of carbonyl (C=O) groups is 2. The van der Waals surface area contributed by atoms with Crippen molar-refractivity contribution in [2.45, 2.75) is 51.6 Å². The molecule has 1 saturated carbocycles. The SMILES string of the molecule is COC(=O)C(NC1CCC(C(=O)O)CC1)c1cc(C)cc(C)c1. The number of aliphatic carboxylic acids is 1. The second-order valence-corrected chi connectivity index (χ2v) is 6.43. The van der Waals surface area contributed by atoms with E-state index in [0.717, 1.165) is 29.5 Å². The molecule has 2 N–H and O–H groups in total. The molecule has 5 nitrogen and oxygen atoms in total. The number of carbonyl (C=O) groups excluding carboxylic acids is 1. The second kappa shape index (κ2) is 7.59. The molecule has 0 aliphatic heterocycles. The summed E-state index contributed by atoms with van der Waals surface area (Å²) in [5.41, 5.74) is 3.10. The molecule has 0 aromatic heterocycles. The molecule has 1 fully saturated rings. The largest absolute Gasteiger partial charge is 0.481 e. The van der Waals surface area contributed by atoms with Crippen molar-refractivity contribution in [2.24, 2.45) is 5.92 Å². The van der Waals surface area contributed by atoms with Crippen molar-refractivity contribution in [3.63, 3.8) is 0 Å². The maximum atomic E-state index is 12.2. The van der Waals surface area contributed by atoms with Crippen LogP contribution >= 0.6 is 0 Å². The summed E-state index contributed by atoms with van der Waals surface area (Å²) < 4.78 is 4.95. The summed E-state index contributed by atoms with van der Waals surface area (Å²) in [4.78, 5) is 23.2. The molecule has 1 atom stereocenters. The number of hydrogen-bond acceptors (Lipinski definition) is 4. The van der Waals surface area contributed by atoms with Crippen LogP contribution in [0.1, 0.15) is 48.4 Å². The average molecular weight is 319 g/mol. The summed E-state index contributed by atoms with van der Waals surface area (Å²) in [5, 5.41) is 12.4. The van der Waals surface area contributed by atoms with Crippen molar-refractivity contribution < 1.29 is 19.4 Å². The molecule has 23 heavy (non-hydrogen) atoms. The Kier molecular flexibility index (Phi) is 5.77. The smallest absolute Gasteiger partial charge is 0.327 e. The van der Waals surface area contributed by atoms with Crippen molar-refractivity contribution in [3.05, 3.63) is 34.9 Å². The van der Waals surface area contributed by atoms with Crippen LogP contribution < -0.4 is 5.32 Å². The van der Waals surface area contributed by atoms with Crippen LogP contribution in [-0.2, 0) is 14.3 Å². The van der Waals surface area contributed by atoms with Gasteiger partial charge in [-0.05, 0) is 45.1 Å². The third-order valence-electron chi connectivity index (χ3n) is 4.49. The van der Waals surface area contributed by atoms with Crippen LogP contribution in [0.5, 0.6) is 0 Å². The van der Waals surface area contributed by atoms with Gasteiger partial charge in [-0.2, -0.15) is 0 Å². The quantitative estimate of drug-likeness (QED) is 0.816. The van der Waals surface area contributed by atoms with Crippen molar-refractivity contribution in [2.75, 3.05) is 7.11 Å². The van der Waals surface area contributed by atoms with E-state index in [-0.39, 0.29) is 17.9 Å². The van der Waals surface area contributed by atoms with Crippen LogP contribution in [0, 0.1) is 19.8 Å². The van der Waals surface area contributed by atoms with Gasteiger partial charge >= 0.3 is 11.9 Å². The number of carboxylic acids is 1. The van der Waals surface area contributed by atoms with Gasteiger partial charge in [-0.15, -0.1) is 0 Å². The Morgan fingerprint density at radius 3 is 2.17 bits per heavy atom. The first-order valence-electron chi connectivity index (χ1n) is 8.05. The predicted molar refractivity (Wildman–Crippen MR) is 87.2 cm³/mol.